The number of aromatic nitrogens is 2. The molecule has 6 heteroatoms. The van der Waals surface area contributed by atoms with Crippen LogP contribution in [0.25, 0.3) is 5.69 Å². The number of rotatable bonds is 8. The smallest absolute Gasteiger partial charge is 0.230 e. The van der Waals surface area contributed by atoms with Gasteiger partial charge in [0.15, 0.2) is 0 Å². The molecule has 1 N–H and O–H groups in total. The highest BCUT2D eigenvalue weighted by Gasteiger charge is 2.05. The molecule has 26 heavy (non-hydrogen) atoms. The second-order valence-corrected chi connectivity index (χ2v) is 6.74. The number of hydrogen-bond acceptors (Lipinski definition) is 4. The molecule has 134 valence electrons. The average Bonchev–Trinajstić information content (AvgIpc) is 3.16. The molecule has 0 spiro atoms. The van der Waals surface area contributed by atoms with Gasteiger partial charge in [-0.05, 0) is 48.4 Å². The number of methoxy groups -OCH3 is 1. The third kappa shape index (κ3) is 5.13. The first kappa shape index (κ1) is 18.1. The number of amides is 1. The van der Waals surface area contributed by atoms with Crippen molar-refractivity contribution in [3.63, 3.8) is 0 Å². The maximum atomic E-state index is 12.0. The Morgan fingerprint density at radius 2 is 1.92 bits per heavy atom. The summed E-state index contributed by atoms with van der Waals surface area (Å²) in [5.41, 5.74) is 2.12. The van der Waals surface area contributed by atoms with E-state index in [1.807, 2.05) is 71.7 Å². The molecule has 2 aromatic carbocycles. The average molecular weight is 367 g/mol. The molecule has 1 amide bonds. The van der Waals surface area contributed by atoms with Gasteiger partial charge in [0.1, 0.15) is 5.75 Å². The number of carbonyl (C=O) groups excluding carboxylic acids is 1. The lowest BCUT2D eigenvalue weighted by molar-refractivity contribution is -0.118. The summed E-state index contributed by atoms with van der Waals surface area (Å²) in [5, 5.41) is 7.32. The van der Waals surface area contributed by atoms with Gasteiger partial charge < -0.3 is 10.1 Å². The molecule has 0 fully saturated rings. The van der Waals surface area contributed by atoms with Crippen molar-refractivity contribution >= 4 is 17.7 Å². The predicted octanol–water partition coefficient (Wildman–Crippen LogP) is 3.33. The van der Waals surface area contributed by atoms with Crippen LogP contribution in [0.15, 0.2) is 71.9 Å². The molecule has 0 aliphatic heterocycles. The summed E-state index contributed by atoms with van der Waals surface area (Å²) < 4.78 is 6.97. The highest BCUT2D eigenvalue weighted by Crippen LogP contribution is 2.20. The van der Waals surface area contributed by atoms with Crippen LogP contribution < -0.4 is 10.1 Å². The number of thioether (sulfide) groups is 1. The molecule has 0 unspecified atom stereocenters. The van der Waals surface area contributed by atoms with Gasteiger partial charge in [-0.3, -0.25) is 4.79 Å². The normalized spacial score (nSPS) is 10.5. The Morgan fingerprint density at radius 3 is 2.65 bits per heavy atom. The van der Waals surface area contributed by atoms with E-state index in [0.29, 0.717) is 12.3 Å². The van der Waals surface area contributed by atoms with Crippen molar-refractivity contribution in [3.8, 4) is 11.4 Å². The van der Waals surface area contributed by atoms with Gasteiger partial charge in [-0.1, -0.05) is 18.2 Å². The van der Waals surface area contributed by atoms with Crippen molar-refractivity contribution in [1.82, 2.24) is 15.1 Å². The Balaban J connectivity index is 1.40. The summed E-state index contributed by atoms with van der Waals surface area (Å²) in [4.78, 5) is 13.0. The first-order valence-corrected chi connectivity index (χ1v) is 9.35. The molecule has 0 atom stereocenters. The summed E-state index contributed by atoms with van der Waals surface area (Å²) in [7, 11) is 1.64. The molecule has 5 nitrogen and oxygen atoms in total. The Hall–Kier alpha value is -2.73. The highest BCUT2D eigenvalue weighted by molar-refractivity contribution is 8.00. The van der Waals surface area contributed by atoms with Gasteiger partial charge in [0, 0.05) is 17.6 Å². The zero-order valence-corrected chi connectivity index (χ0v) is 15.4. The van der Waals surface area contributed by atoms with Gasteiger partial charge in [0.2, 0.25) is 5.91 Å². The van der Waals surface area contributed by atoms with Crippen LogP contribution in [0.4, 0.5) is 0 Å². The van der Waals surface area contributed by atoms with Crippen LogP contribution >= 0.6 is 11.8 Å². The Morgan fingerprint density at radius 1 is 1.15 bits per heavy atom. The lowest BCUT2D eigenvalue weighted by Crippen LogP contribution is -2.27. The van der Waals surface area contributed by atoms with Crippen LogP contribution in [-0.4, -0.2) is 35.1 Å². The summed E-state index contributed by atoms with van der Waals surface area (Å²) in [5.74, 6) is 1.24. The fourth-order valence-electron chi connectivity index (χ4n) is 2.43. The van der Waals surface area contributed by atoms with Crippen LogP contribution in [0.2, 0.25) is 0 Å². The number of carbonyl (C=O) groups is 1. The molecule has 3 rings (SSSR count). The predicted molar refractivity (Wildman–Crippen MR) is 104 cm³/mol. The molecule has 1 aromatic heterocycles. The van der Waals surface area contributed by atoms with E-state index in [1.165, 1.54) is 11.8 Å². The van der Waals surface area contributed by atoms with Gasteiger partial charge in [0.05, 0.1) is 24.7 Å². The fourth-order valence-corrected chi connectivity index (χ4v) is 3.16. The van der Waals surface area contributed by atoms with Crippen molar-refractivity contribution in [1.29, 1.82) is 0 Å². The summed E-state index contributed by atoms with van der Waals surface area (Å²) >= 11 is 1.51. The number of para-hydroxylation sites is 1. The van der Waals surface area contributed by atoms with E-state index >= 15 is 0 Å². The van der Waals surface area contributed by atoms with Gasteiger partial charge in [-0.15, -0.1) is 11.8 Å². The highest BCUT2D eigenvalue weighted by atomic mass is 32.2. The van der Waals surface area contributed by atoms with E-state index in [1.54, 1.807) is 7.11 Å². The van der Waals surface area contributed by atoms with Crippen LogP contribution in [0.5, 0.6) is 5.75 Å². The van der Waals surface area contributed by atoms with Crippen molar-refractivity contribution in [2.45, 2.75) is 11.3 Å². The third-order valence-electron chi connectivity index (χ3n) is 3.82. The molecule has 0 radical (unpaired) electrons. The van der Waals surface area contributed by atoms with Crippen LogP contribution in [0.1, 0.15) is 5.56 Å². The van der Waals surface area contributed by atoms with E-state index in [-0.39, 0.29) is 5.91 Å². The Bertz CT molecular complexity index is 832. The first-order chi connectivity index (χ1) is 12.7. The molecule has 0 saturated carbocycles. The van der Waals surface area contributed by atoms with Crippen LogP contribution in [0, 0.1) is 0 Å². The molecule has 1 heterocycles. The SMILES string of the molecule is COc1ccc(SCC(=O)NCCc2cnn(-c3ccccc3)c2)cc1. The van der Waals surface area contributed by atoms with E-state index in [9.17, 15) is 4.79 Å². The second-order valence-electron chi connectivity index (χ2n) is 5.69. The lowest BCUT2D eigenvalue weighted by Gasteiger charge is -2.05. The third-order valence-corrected chi connectivity index (χ3v) is 4.83. The molecule has 0 bridgehead atoms. The van der Waals surface area contributed by atoms with Crippen molar-refractivity contribution in [3.05, 3.63) is 72.6 Å². The summed E-state index contributed by atoms with van der Waals surface area (Å²) in [6.07, 6.45) is 4.59. The van der Waals surface area contributed by atoms with E-state index in [2.05, 4.69) is 10.4 Å². The van der Waals surface area contributed by atoms with E-state index < -0.39 is 0 Å². The summed E-state index contributed by atoms with van der Waals surface area (Å²) in [6, 6.07) is 17.7. The number of benzene rings is 2. The fraction of sp³-hybridized carbons (Fsp3) is 0.200. The Kier molecular flexibility index (Phi) is 6.33. The van der Waals surface area contributed by atoms with Gasteiger partial charge in [0.25, 0.3) is 0 Å². The number of nitrogens with zero attached hydrogens (tertiary/aromatic N) is 2. The molecule has 0 saturated heterocycles. The zero-order chi connectivity index (χ0) is 18.2. The minimum absolute atomic E-state index is 0.0290. The van der Waals surface area contributed by atoms with E-state index in [0.717, 1.165) is 28.3 Å². The van der Waals surface area contributed by atoms with Crippen LogP contribution in [0.3, 0.4) is 0 Å². The topological polar surface area (TPSA) is 56.1 Å². The number of nitrogens with one attached hydrogen (secondary N) is 1. The van der Waals surface area contributed by atoms with Gasteiger partial charge in [-0.25, -0.2) is 4.68 Å². The quantitative estimate of drug-likeness (QED) is 0.621. The van der Waals surface area contributed by atoms with Crippen molar-refractivity contribution in [2.75, 3.05) is 19.4 Å². The summed E-state index contributed by atoms with van der Waals surface area (Å²) in [6.45, 7) is 0.600. The minimum Gasteiger partial charge on any atom is -0.497 e. The molecule has 0 aliphatic rings. The maximum Gasteiger partial charge on any atom is 0.230 e. The number of hydrogen-bond donors (Lipinski definition) is 1. The van der Waals surface area contributed by atoms with Crippen molar-refractivity contribution < 1.29 is 9.53 Å². The second kappa shape index (κ2) is 9.10. The molecular weight excluding hydrogens is 346 g/mol. The van der Waals surface area contributed by atoms with Gasteiger partial charge in [-0.2, -0.15) is 5.10 Å². The van der Waals surface area contributed by atoms with Gasteiger partial charge >= 0.3 is 0 Å². The Labute approximate surface area is 157 Å². The monoisotopic (exact) mass is 367 g/mol. The molecular formula is C20H21N3O2S. The molecule has 3 aromatic rings. The van der Waals surface area contributed by atoms with E-state index in [4.69, 9.17) is 4.74 Å². The molecule has 0 aliphatic carbocycles. The van der Waals surface area contributed by atoms with Crippen LogP contribution in [-0.2, 0) is 11.2 Å². The maximum absolute atomic E-state index is 12.0. The number of ether oxygens (including phenoxy) is 1. The zero-order valence-electron chi connectivity index (χ0n) is 14.6. The lowest BCUT2D eigenvalue weighted by atomic mass is 10.2. The largest absolute Gasteiger partial charge is 0.497 e. The minimum atomic E-state index is 0.0290. The standard InChI is InChI=1S/C20H21N3O2S/c1-25-18-7-9-19(10-8-18)26-15-20(24)21-12-11-16-13-22-23(14-16)17-5-3-2-4-6-17/h2-10,13-14H,11-12,15H2,1H3,(H,21,24). The first-order valence-electron chi connectivity index (χ1n) is 8.37. The van der Waals surface area contributed by atoms with Crippen molar-refractivity contribution in [2.24, 2.45) is 0 Å².